The third kappa shape index (κ3) is 4.97. The van der Waals surface area contributed by atoms with E-state index in [1.807, 2.05) is 69.2 Å². The van der Waals surface area contributed by atoms with Gasteiger partial charge in [0.25, 0.3) is 0 Å². The molecule has 0 aromatic heterocycles. The molecule has 2 saturated heterocycles. The molecule has 0 N–H and O–H groups in total. The summed E-state index contributed by atoms with van der Waals surface area (Å²) >= 11 is 0. The van der Waals surface area contributed by atoms with Crippen LogP contribution >= 0.6 is 0 Å². The summed E-state index contributed by atoms with van der Waals surface area (Å²) in [5.41, 5.74) is -2.92. The molecule has 2 amide bonds. The molecule has 168 valence electrons. The van der Waals surface area contributed by atoms with Crippen molar-refractivity contribution in [2.75, 3.05) is 26.4 Å². The third-order valence-corrected chi connectivity index (χ3v) is 5.38. The highest BCUT2D eigenvalue weighted by atomic mass is 16.6. The van der Waals surface area contributed by atoms with Gasteiger partial charge in [-0.3, -0.25) is 9.80 Å². The van der Waals surface area contributed by atoms with Crippen molar-refractivity contribution in [1.29, 1.82) is 0 Å². The van der Waals surface area contributed by atoms with Crippen molar-refractivity contribution in [3.63, 3.8) is 0 Å². The third-order valence-electron chi connectivity index (χ3n) is 5.38. The van der Waals surface area contributed by atoms with Crippen LogP contribution in [0.25, 0.3) is 0 Å². The molecule has 0 unspecified atom stereocenters. The second-order valence-corrected chi connectivity index (χ2v) is 11.0. The zero-order valence-corrected chi connectivity index (χ0v) is 19.7. The van der Waals surface area contributed by atoms with E-state index in [4.69, 9.17) is 18.9 Å². The van der Waals surface area contributed by atoms with Gasteiger partial charge in [0.15, 0.2) is 0 Å². The zero-order chi connectivity index (χ0) is 22.5. The number of nitrogens with zero attached hydrogens (tertiary/aromatic N) is 2. The smallest absolute Gasteiger partial charge is 0.412 e. The molecular weight excluding hydrogens is 376 g/mol. The Balaban J connectivity index is 1.93. The Bertz CT molecular complexity index is 568. The second kappa shape index (κ2) is 7.30. The monoisotopic (exact) mass is 414 g/mol. The van der Waals surface area contributed by atoms with Crippen LogP contribution in [0.5, 0.6) is 0 Å². The second-order valence-electron chi connectivity index (χ2n) is 11.0. The van der Waals surface area contributed by atoms with Crippen LogP contribution in [0.2, 0.25) is 0 Å². The number of hydrogen-bond donors (Lipinski definition) is 0. The van der Waals surface area contributed by atoms with Crippen LogP contribution in [0.4, 0.5) is 9.59 Å². The van der Waals surface area contributed by atoms with Crippen LogP contribution in [0, 0.1) is 5.41 Å². The van der Waals surface area contributed by atoms with Gasteiger partial charge in [0.2, 0.25) is 0 Å². The Morgan fingerprint density at radius 1 is 0.759 bits per heavy atom. The van der Waals surface area contributed by atoms with E-state index in [1.54, 1.807) is 9.80 Å². The molecule has 29 heavy (non-hydrogen) atoms. The lowest BCUT2D eigenvalue weighted by molar-refractivity contribution is -0.0651. The minimum absolute atomic E-state index is 0.116. The molecule has 2 aliphatic heterocycles. The summed E-state index contributed by atoms with van der Waals surface area (Å²) in [6.07, 6.45) is -0.876. The predicted octanol–water partition coefficient (Wildman–Crippen LogP) is 3.98. The van der Waals surface area contributed by atoms with E-state index in [-0.39, 0.29) is 13.2 Å². The van der Waals surface area contributed by atoms with Gasteiger partial charge in [-0.2, -0.15) is 0 Å². The SMILES string of the molecule is CC(C)(COC(=O)N1C(C)(C)COC1(C)C)COC(=O)N1C(C)(C)COC1(C)C. The molecule has 0 aromatic rings. The molecule has 0 aromatic carbocycles. The first kappa shape index (κ1) is 23.7. The predicted molar refractivity (Wildman–Crippen MR) is 108 cm³/mol. The molecular formula is C21H38N2O6. The number of rotatable bonds is 4. The maximum atomic E-state index is 12.7. The molecule has 0 atom stereocenters. The van der Waals surface area contributed by atoms with Crippen molar-refractivity contribution in [2.24, 2.45) is 5.41 Å². The first-order valence-electron chi connectivity index (χ1n) is 10.1. The fraction of sp³-hybridized carbons (Fsp3) is 0.905. The lowest BCUT2D eigenvalue weighted by Crippen LogP contribution is -2.54. The lowest BCUT2D eigenvalue weighted by Gasteiger charge is -2.38. The Labute approximate surface area is 174 Å². The van der Waals surface area contributed by atoms with Crippen LogP contribution in [-0.2, 0) is 18.9 Å². The zero-order valence-electron chi connectivity index (χ0n) is 19.7. The topological polar surface area (TPSA) is 77.5 Å². The largest absolute Gasteiger partial charge is 0.449 e. The van der Waals surface area contributed by atoms with E-state index in [2.05, 4.69) is 0 Å². The molecule has 2 fully saturated rings. The number of carbonyl (C=O) groups excluding carboxylic acids is 2. The maximum absolute atomic E-state index is 12.7. The molecule has 0 radical (unpaired) electrons. The van der Waals surface area contributed by atoms with Crippen LogP contribution in [0.3, 0.4) is 0 Å². The highest BCUT2D eigenvalue weighted by molar-refractivity contribution is 5.70. The summed E-state index contributed by atoms with van der Waals surface area (Å²) in [6, 6.07) is 0. The van der Waals surface area contributed by atoms with Crippen LogP contribution in [0.15, 0.2) is 0 Å². The van der Waals surface area contributed by atoms with Gasteiger partial charge in [-0.25, -0.2) is 9.59 Å². The first-order chi connectivity index (χ1) is 12.9. The van der Waals surface area contributed by atoms with Crippen LogP contribution in [0.1, 0.15) is 69.2 Å². The fourth-order valence-electron chi connectivity index (χ4n) is 4.04. The molecule has 2 aliphatic rings. The van der Waals surface area contributed by atoms with Crippen molar-refractivity contribution in [1.82, 2.24) is 9.80 Å². The van der Waals surface area contributed by atoms with E-state index in [0.717, 1.165) is 0 Å². The lowest BCUT2D eigenvalue weighted by atomic mass is 9.96. The molecule has 0 aliphatic carbocycles. The first-order valence-corrected chi connectivity index (χ1v) is 10.1. The van der Waals surface area contributed by atoms with Gasteiger partial charge in [0, 0.05) is 5.41 Å². The number of amides is 2. The quantitative estimate of drug-likeness (QED) is 0.692. The normalized spacial score (nSPS) is 24.5. The average Bonchev–Trinajstić information content (AvgIpc) is 2.90. The van der Waals surface area contributed by atoms with Gasteiger partial charge < -0.3 is 18.9 Å². The van der Waals surface area contributed by atoms with Crippen molar-refractivity contribution in [3.8, 4) is 0 Å². The van der Waals surface area contributed by atoms with Crippen LogP contribution < -0.4 is 0 Å². The molecule has 2 heterocycles. The summed E-state index contributed by atoms with van der Waals surface area (Å²) in [6.45, 7) is 20.0. The highest BCUT2D eigenvalue weighted by Crippen LogP contribution is 2.36. The van der Waals surface area contributed by atoms with Crippen molar-refractivity contribution in [3.05, 3.63) is 0 Å². The van der Waals surface area contributed by atoms with Crippen LogP contribution in [-0.4, -0.2) is 70.9 Å². The van der Waals surface area contributed by atoms with Crippen molar-refractivity contribution < 1.29 is 28.5 Å². The van der Waals surface area contributed by atoms with E-state index in [1.165, 1.54) is 0 Å². The van der Waals surface area contributed by atoms with E-state index < -0.39 is 40.1 Å². The van der Waals surface area contributed by atoms with E-state index in [0.29, 0.717) is 13.2 Å². The highest BCUT2D eigenvalue weighted by Gasteiger charge is 2.51. The molecule has 0 bridgehead atoms. The van der Waals surface area contributed by atoms with E-state index >= 15 is 0 Å². The Morgan fingerprint density at radius 3 is 1.31 bits per heavy atom. The standard InChI is InChI=1S/C21H38N2O6/c1-17(2,11-26-15(24)22-18(3,4)13-28-20(22,7)8)12-27-16(25)23-19(5,6)14-29-21(23,9)10/h11-14H2,1-10H3. The van der Waals surface area contributed by atoms with E-state index in [9.17, 15) is 9.59 Å². The number of carbonyl (C=O) groups is 2. The van der Waals surface area contributed by atoms with Gasteiger partial charge in [-0.1, -0.05) is 13.8 Å². The summed E-state index contributed by atoms with van der Waals surface area (Å²) in [5.74, 6) is 0. The summed E-state index contributed by atoms with van der Waals surface area (Å²) in [4.78, 5) is 28.7. The molecule has 0 saturated carbocycles. The molecule has 8 nitrogen and oxygen atoms in total. The van der Waals surface area contributed by atoms with Gasteiger partial charge >= 0.3 is 12.2 Å². The van der Waals surface area contributed by atoms with Gasteiger partial charge in [0.1, 0.15) is 24.7 Å². The van der Waals surface area contributed by atoms with Crippen molar-refractivity contribution in [2.45, 2.75) is 91.8 Å². The Kier molecular flexibility index (Phi) is 5.98. The number of hydrogen-bond acceptors (Lipinski definition) is 6. The Morgan fingerprint density at radius 2 is 1.07 bits per heavy atom. The van der Waals surface area contributed by atoms with Gasteiger partial charge in [0.05, 0.1) is 24.3 Å². The summed E-state index contributed by atoms with van der Waals surface area (Å²) in [7, 11) is 0. The van der Waals surface area contributed by atoms with Crippen molar-refractivity contribution >= 4 is 12.2 Å². The number of ether oxygens (including phenoxy) is 4. The average molecular weight is 415 g/mol. The molecule has 2 rings (SSSR count). The fourth-order valence-corrected chi connectivity index (χ4v) is 4.04. The minimum Gasteiger partial charge on any atom is -0.449 e. The summed E-state index contributed by atoms with van der Waals surface area (Å²) < 4.78 is 22.6. The maximum Gasteiger partial charge on any atom is 0.412 e. The van der Waals surface area contributed by atoms with Gasteiger partial charge in [-0.15, -0.1) is 0 Å². The van der Waals surface area contributed by atoms with Gasteiger partial charge in [-0.05, 0) is 55.4 Å². The molecule has 8 heteroatoms. The minimum atomic E-state index is -0.732. The molecule has 0 spiro atoms. The summed E-state index contributed by atoms with van der Waals surface area (Å²) in [5, 5.41) is 0. The Hall–Kier alpha value is -1.54.